The molecular formula is C41H34O. The highest BCUT2D eigenvalue weighted by atomic mass is 16.5. The van der Waals surface area contributed by atoms with Gasteiger partial charge >= 0.3 is 0 Å². The number of rotatable bonds is 6. The molecule has 42 heavy (non-hydrogen) atoms. The molecule has 0 N–H and O–H groups in total. The number of benzene rings is 6. The molecule has 204 valence electrons. The van der Waals surface area contributed by atoms with Crippen LogP contribution in [0.25, 0.3) is 0 Å². The molecule has 0 aliphatic carbocycles. The van der Waals surface area contributed by atoms with Crippen molar-refractivity contribution < 1.29 is 4.74 Å². The Morgan fingerprint density at radius 3 is 1.00 bits per heavy atom. The van der Waals surface area contributed by atoms with E-state index in [-0.39, 0.29) is 17.3 Å². The summed E-state index contributed by atoms with van der Waals surface area (Å²) in [7, 11) is 0. The molecule has 7 rings (SSSR count). The van der Waals surface area contributed by atoms with Crippen molar-refractivity contribution in [1.82, 2.24) is 0 Å². The zero-order valence-corrected chi connectivity index (χ0v) is 24.1. The summed E-state index contributed by atoms with van der Waals surface area (Å²) in [4.78, 5) is 0. The molecule has 0 fully saturated rings. The van der Waals surface area contributed by atoms with E-state index in [0.29, 0.717) is 0 Å². The van der Waals surface area contributed by atoms with Gasteiger partial charge in [0.15, 0.2) is 0 Å². The molecule has 0 unspecified atom stereocenters. The Bertz CT molecular complexity index is 1590. The van der Waals surface area contributed by atoms with E-state index < -0.39 is 0 Å². The van der Waals surface area contributed by atoms with E-state index in [1.54, 1.807) is 0 Å². The van der Waals surface area contributed by atoms with Crippen molar-refractivity contribution in [2.24, 2.45) is 0 Å². The van der Waals surface area contributed by atoms with Gasteiger partial charge < -0.3 is 4.74 Å². The number of fused-ring (bicyclic) bond motifs is 2. The second-order valence-electron chi connectivity index (χ2n) is 11.7. The van der Waals surface area contributed by atoms with Gasteiger partial charge in [-0.1, -0.05) is 172 Å². The monoisotopic (exact) mass is 542 g/mol. The summed E-state index contributed by atoms with van der Waals surface area (Å²) >= 11 is 0. The highest BCUT2D eigenvalue weighted by molar-refractivity contribution is 5.65. The molecule has 1 aliphatic rings. The molecule has 1 aliphatic heterocycles. The van der Waals surface area contributed by atoms with Crippen LogP contribution in [0.1, 0.15) is 70.2 Å². The van der Waals surface area contributed by atoms with Gasteiger partial charge in [-0.2, -0.15) is 0 Å². The van der Waals surface area contributed by atoms with Crippen LogP contribution in [0.3, 0.4) is 0 Å². The van der Waals surface area contributed by atoms with Crippen LogP contribution >= 0.6 is 0 Å². The lowest BCUT2D eigenvalue weighted by Gasteiger charge is -2.38. The Morgan fingerprint density at radius 2 is 0.690 bits per heavy atom. The lowest BCUT2D eigenvalue weighted by Crippen LogP contribution is -2.26. The topological polar surface area (TPSA) is 9.23 Å². The molecular weight excluding hydrogens is 508 g/mol. The van der Waals surface area contributed by atoms with Gasteiger partial charge in [0.2, 0.25) is 0 Å². The van der Waals surface area contributed by atoms with Gasteiger partial charge in [-0.05, 0) is 22.3 Å². The predicted molar refractivity (Wildman–Crippen MR) is 173 cm³/mol. The molecule has 0 atom stereocenters. The summed E-state index contributed by atoms with van der Waals surface area (Å²) in [6, 6.07) is 56.6. The van der Waals surface area contributed by atoms with E-state index in [9.17, 15) is 0 Å². The third-order valence-corrected chi connectivity index (χ3v) is 8.80. The molecule has 0 saturated heterocycles. The van der Waals surface area contributed by atoms with E-state index in [4.69, 9.17) is 4.74 Å². The maximum atomic E-state index is 7.22. The normalized spacial score (nSPS) is 13.3. The van der Waals surface area contributed by atoms with Crippen LogP contribution in [0.15, 0.2) is 158 Å². The summed E-state index contributed by atoms with van der Waals surface area (Å²) in [6.45, 7) is 4.67. The first kappa shape index (κ1) is 26.0. The standard InChI is InChI=1S/C41H34O/c1-41(2)35-27-15-25-33(37(29-17-7-3-8-18-29)30-19-9-4-10-20-30)39(35)42-40-34(26-16-28-36(40)41)38(31-21-11-5-12-22-31)32-23-13-6-14-24-32/h3-28,37-38H,1-2H3. The number of para-hydroxylation sites is 2. The van der Waals surface area contributed by atoms with Crippen LogP contribution < -0.4 is 4.74 Å². The van der Waals surface area contributed by atoms with Gasteiger partial charge in [0, 0.05) is 39.5 Å². The van der Waals surface area contributed by atoms with Gasteiger partial charge in [0.05, 0.1) is 0 Å². The van der Waals surface area contributed by atoms with Gasteiger partial charge in [0.25, 0.3) is 0 Å². The fraction of sp³-hybridized carbons (Fsp3) is 0.122. The first-order valence-corrected chi connectivity index (χ1v) is 14.8. The first-order chi connectivity index (χ1) is 20.6. The third kappa shape index (κ3) is 4.52. The molecule has 1 nitrogen and oxygen atoms in total. The van der Waals surface area contributed by atoms with E-state index in [2.05, 4.69) is 172 Å². The Labute approximate surface area is 249 Å². The minimum absolute atomic E-state index is 0.0471. The molecule has 0 saturated carbocycles. The minimum atomic E-state index is -0.245. The van der Waals surface area contributed by atoms with Crippen LogP contribution in [0.4, 0.5) is 0 Å². The van der Waals surface area contributed by atoms with Crippen molar-refractivity contribution in [3.05, 3.63) is 202 Å². The smallest absolute Gasteiger partial charge is 0.135 e. The lowest BCUT2D eigenvalue weighted by molar-refractivity contribution is 0.407. The van der Waals surface area contributed by atoms with Crippen LogP contribution in [0.2, 0.25) is 0 Å². The summed E-state index contributed by atoms with van der Waals surface area (Å²) < 4.78 is 7.22. The van der Waals surface area contributed by atoms with E-state index in [0.717, 1.165) is 11.5 Å². The van der Waals surface area contributed by atoms with Crippen LogP contribution in [0, 0.1) is 0 Å². The van der Waals surface area contributed by atoms with E-state index in [1.165, 1.54) is 44.5 Å². The van der Waals surface area contributed by atoms with Gasteiger partial charge in [0.1, 0.15) is 11.5 Å². The minimum Gasteiger partial charge on any atom is -0.456 e. The first-order valence-electron chi connectivity index (χ1n) is 14.8. The van der Waals surface area contributed by atoms with Gasteiger partial charge in [-0.25, -0.2) is 0 Å². The van der Waals surface area contributed by atoms with Crippen molar-refractivity contribution >= 4 is 0 Å². The zero-order chi connectivity index (χ0) is 28.5. The Kier molecular flexibility index (Phi) is 6.72. The zero-order valence-electron chi connectivity index (χ0n) is 24.1. The number of hydrogen-bond donors (Lipinski definition) is 0. The SMILES string of the molecule is CC1(C)c2cccc(C(c3ccccc3)c3ccccc3)c2Oc2c(C(c3ccccc3)c3ccccc3)cccc21. The Hall–Kier alpha value is -4.88. The second-order valence-corrected chi connectivity index (χ2v) is 11.7. The molecule has 6 aromatic rings. The summed E-state index contributed by atoms with van der Waals surface area (Å²) in [5.74, 6) is 2.04. The van der Waals surface area contributed by atoms with Crippen molar-refractivity contribution in [2.45, 2.75) is 31.1 Å². The van der Waals surface area contributed by atoms with Crippen molar-refractivity contribution in [3.63, 3.8) is 0 Å². The molecule has 0 bridgehead atoms. The summed E-state index contributed by atoms with van der Waals surface area (Å²) in [6.07, 6.45) is 0. The quantitative estimate of drug-likeness (QED) is 0.190. The molecule has 0 amide bonds. The van der Waals surface area contributed by atoms with Crippen molar-refractivity contribution in [1.29, 1.82) is 0 Å². The van der Waals surface area contributed by atoms with Gasteiger partial charge in [-0.15, -0.1) is 0 Å². The Morgan fingerprint density at radius 1 is 0.381 bits per heavy atom. The molecule has 6 aromatic carbocycles. The molecule has 1 heterocycles. The second kappa shape index (κ2) is 10.8. The van der Waals surface area contributed by atoms with Gasteiger partial charge in [-0.3, -0.25) is 0 Å². The fourth-order valence-electron chi connectivity index (χ4n) is 6.71. The molecule has 1 heteroatoms. The highest BCUT2D eigenvalue weighted by Crippen LogP contribution is 2.54. The molecule has 0 radical (unpaired) electrons. The summed E-state index contributed by atoms with van der Waals surface area (Å²) in [5, 5.41) is 0. The average Bonchev–Trinajstić information content (AvgIpc) is 3.04. The largest absolute Gasteiger partial charge is 0.456 e. The molecule has 0 spiro atoms. The maximum Gasteiger partial charge on any atom is 0.135 e. The van der Waals surface area contributed by atoms with E-state index >= 15 is 0 Å². The average molecular weight is 543 g/mol. The predicted octanol–water partition coefficient (Wildman–Crippen LogP) is 10.5. The van der Waals surface area contributed by atoms with E-state index in [1.807, 2.05) is 0 Å². The third-order valence-electron chi connectivity index (χ3n) is 8.80. The van der Waals surface area contributed by atoms with Crippen LogP contribution in [0.5, 0.6) is 11.5 Å². The summed E-state index contributed by atoms with van der Waals surface area (Å²) in [5.41, 5.74) is 9.59. The lowest BCUT2D eigenvalue weighted by atomic mass is 9.71. The van der Waals surface area contributed by atoms with Crippen LogP contribution in [-0.4, -0.2) is 0 Å². The maximum absolute atomic E-state index is 7.22. The van der Waals surface area contributed by atoms with Crippen LogP contribution in [-0.2, 0) is 5.41 Å². The van der Waals surface area contributed by atoms with Crippen molar-refractivity contribution in [3.8, 4) is 11.5 Å². The fourth-order valence-corrected chi connectivity index (χ4v) is 6.71. The Balaban J connectivity index is 1.45. The van der Waals surface area contributed by atoms with Crippen molar-refractivity contribution in [2.75, 3.05) is 0 Å². The number of hydrogen-bond acceptors (Lipinski definition) is 1. The number of ether oxygens (including phenoxy) is 1. The molecule has 0 aromatic heterocycles. The highest BCUT2D eigenvalue weighted by Gasteiger charge is 2.39.